The van der Waals surface area contributed by atoms with Gasteiger partial charge in [0.25, 0.3) is 0 Å². The van der Waals surface area contributed by atoms with E-state index in [1.807, 2.05) is 10.3 Å². The molecule has 0 aromatic carbocycles. The number of rotatable bonds is 5. The zero-order valence-corrected chi connectivity index (χ0v) is 9.46. The van der Waals surface area contributed by atoms with Crippen molar-refractivity contribution in [1.82, 2.24) is 4.98 Å². The molecule has 0 aliphatic heterocycles. The van der Waals surface area contributed by atoms with Gasteiger partial charge in [-0.15, -0.1) is 11.3 Å². The molecule has 0 radical (unpaired) electrons. The number of carbonyl (C=O) groups is 1. The lowest BCUT2D eigenvalue weighted by Crippen LogP contribution is -2.31. The summed E-state index contributed by atoms with van der Waals surface area (Å²) in [6.07, 6.45) is 3.09. The van der Waals surface area contributed by atoms with Gasteiger partial charge in [-0.2, -0.15) is 0 Å². The molecule has 1 fully saturated rings. The van der Waals surface area contributed by atoms with Crippen LogP contribution in [0.1, 0.15) is 25.5 Å². The van der Waals surface area contributed by atoms with Crippen molar-refractivity contribution in [2.24, 2.45) is 0 Å². The Hall–Kier alpha value is -1.10. The second-order valence-corrected chi connectivity index (χ2v) is 4.56. The van der Waals surface area contributed by atoms with E-state index < -0.39 is 5.97 Å². The third kappa shape index (κ3) is 2.47. The highest BCUT2D eigenvalue weighted by Crippen LogP contribution is 2.33. The van der Waals surface area contributed by atoms with Crippen molar-refractivity contribution in [2.45, 2.75) is 32.2 Å². The van der Waals surface area contributed by atoms with Crippen LogP contribution < -0.4 is 4.90 Å². The van der Waals surface area contributed by atoms with Crippen molar-refractivity contribution in [3.63, 3.8) is 0 Å². The number of nitrogens with zero attached hydrogens (tertiary/aromatic N) is 2. The van der Waals surface area contributed by atoms with Crippen LogP contribution in [0.3, 0.4) is 0 Å². The molecule has 2 rings (SSSR count). The van der Waals surface area contributed by atoms with Crippen LogP contribution in [-0.4, -0.2) is 28.6 Å². The van der Waals surface area contributed by atoms with Gasteiger partial charge >= 0.3 is 5.97 Å². The molecule has 4 nitrogen and oxygen atoms in total. The van der Waals surface area contributed by atoms with Crippen molar-refractivity contribution in [3.8, 4) is 0 Å². The van der Waals surface area contributed by atoms with E-state index in [4.69, 9.17) is 5.11 Å². The minimum absolute atomic E-state index is 0.0708. The Balaban J connectivity index is 2.12. The number of aliphatic carboxylic acids is 1. The Kier molecular flexibility index (Phi) is 2.90. The van der Waals surface area contributed by atoms with Gasteiger partial charge in [-0.25, -0.2) is 4.98 Å². The van der Waals surface area contributed by atoms with E-state index >= 15 is 0 Å². The normalized spacial score (nSPS) is 15.3. The van der Waals surface area contributed by atoms with Gasteiger partial charge in [-0.05, 0) is 19.3 Å². The minimum Gasteiger partial charge on any atom is -0.480 e. The first kappa shape index (κ1) is 10.4. The zero-order chi connectivity index (χ0) is 10.8. The van der Waals surface area contributed by atoms with Crippen LogP contribution in [-0.2, 0) is 11.2 Å². The number of hydrogen-bond donors (Lipinski definition) is 1. The molecular formula is C10H14N2O2S. The fraction of sp³-hybridized carbons (Fsp3) is 0.600. The lowest BCUT2D eigenvalue weighted by molar-refractivity contribution is -0.135. The van der Waals surface area contributed by atoms with Gasteiger partial charge in [0, 0.05) is 11.4 Å². The minimum atomic E-state index is -0.782. The van der Waals surface area contributed by atoms with Crippen molar-refractivity contribution in [3.05, 3.63) is 11.1 Å². The average molecular weight is 226 g/mol. The lowest BCUT2D eigenvalue weighted by atomic mass is 10.4. The topological polar surface area (TPSA) is 53.4 Å². The van der Waals surface area contributed by atoms with E-state index in [1.54, 1.807) is 11.3 Å². The van der Waals surface area contributed by atoms with Gasteiger partial charge in [0.05, 0.1) is 5.69 Å². The molecule has 1 heterocycles. The first-order valence-corrected chi connectivity index (χ1v) is 6.01. The summed E-state index contributed by atoms with van der Waals surface area (Å²) in [7, 11) is 0. The van der Waals surface area contributed by atoms with Crippen molar-refractivity contribution < 1.29 is 9.90 Å². The summed E-state index contributed by atoms with van der Waals surface area (Å²) in [4.78, 5) is 17.1. The third-order valence-electron chi connectivity index (χ3n) is 2.44. The predicted molar refractivity (Wildman–Crippen MR) is 59.5 cm³/mol. The molecule has 15 heavy (non-hydrogen) atoms. The summed E-state index contributed by atoms with van der Waals surface area (Å²) >= 11 is 1.54. The van der Waals surface area contributed by atoms with Crippen LogP contribution in [0.2, 0.25) is 0 Å². The molecule has 0 atom stereocenters. The Morgan fingerprint density at radius 3 is 2.93 bits per heavy atom. The lowest BCUT2D eigenvalue weighted by Gasteiger charge is -2.18. The molecule has 1 aliphatic rings. The van der Waals surface area contributed by atoms with Crippen molar-refractivity contribution in [2.75, 3.05) is 11.4 Å². The molecule has 1 saturated carbocycles. The molecule has 1 N–H and O–H groups in total. The number of hydrogen-bond acceptors (Lipinski definition) is 4. The van der Waals surface area contributed by atoms with Gasteiger partial charge < -0.3 is 10.0 Å². The van der Waals surface area contributed by atoms with Gasteiger partial charge in [-0.3, -0.25) is 4.79 Å². The SMILES string of the molecule is CCc1csc(N(CC(=O)O)C2CC2)n1. The fourth-order valence-electron chi connectivity index (χ4n) is 1.48. The Bertz CT molecular complexity index is 360. The molecule has 0 amide bonds. The average Bonchev–Trinajstić information content (AvgIpc) is 2.92. The number of carboxylic acid groups (broad SMARTS) is 1. The third-order valence-corrected chi connectivity index (χ3v) is 3.37. The van der Waals surface area contributed by atoms with E-state index in [1.165, 1.54) is 0 Å². The van der Waals surface area contributed by atoms with Gasteiger partial charge in [0.2, 0.25) is 0 Å². The molecule has 1 aromatic heterocycles. The van der Waals surface area contributed by atoms with Crippen LogP contribution in [0.5, 0.6) is 0 Å². The Morgan fingerprint density at radius 2 is 2.47 bits per heavy atom. The molecule has 1 aliphatic carbocycles. The summed E-state index contributed by atoms with van der Waals surface area (Å²) < 4.78 is 0. The number of carboxylic acids is 1. The highest BCUT2D eigenvalue weighted by atomic mass is 32.1. The number of aromatic nitrogens is 1. The van der Waals surface area contributed by atoms with Gasteiger partial charge in [0.1, 0.15) is 6.54 Å². The van der Waals surface area contributed by atoms with E-state index in [9.17, 15) is 4.79 Å². The summed E-state index contributed by atoms with van der Waals surface area (Å²) in [5.41, 5.74) is 1.05. The van der Waals surface area contributed by atoms with Crippen molar-refractivity contribution in [1.29, 1.82) is 0 Å². The quantitative estimate of drug-likeness (QED) is 0.831. The smallest absolute Gasteiger partial charge is 0.323 e. The summed E-state index contributed by atoms with van der Waals surface area (Å²) in [5, 5.41) is 11.7. The largest absolute Gasteiger partial charge is 0.480 e. The van der Waals surface area contributed by atoms with Gasteiger partial charge in [-0.1, -0.05) is 6.92 Å². The van der Waals surface area contributed by atoms with E-state index in [-0.39, 0.29) is 6.54 Å². The maximum Gasteiger partial charge on any atom is 0.323 e. The van der Waals surface area contributed by atoms with E-state index in [0.717, 1.165) is 30.1 Å². The van der Waals surface area contributed by atoms with Crippen LogP contribution in [0.25, 0.3) is 0 Å². The number of anilines is 1. The fourth-order valence-corrected chi connectivity index (χ4v) is 2.46. The van der Waals surface area contributed by atoms with Gasteiger partial charge in [0.15, 0.2) is 5.13 Å². The molecule has 0 spiro atoms. The maximum absolute atomic E-state index is 10.7. The van der Waals surface area contributed by atoms with E-state index in [0.29, 0.717) is 6.04 Å². The highest BCUT2D eigenvalue weighted by Gasteiger charge is 2.32. The van der Waals surface area contributed by atoms with Crippen LogP contribution >= 0.6 is 11.3 Å². The molecule has 0 unspecified atom stereocenters. The van der Waals surface area contributed by atoms with Crippen molar-refractivity contribution >= 4 is 22.4 Å². The van der Waals surface area contributed by atoms with Crippen LogP contribution in [0, 0.1) is 0 Å². The summed E-state index contributed by atoms with van der Waals surface area (Å²) in [5.74, 6) is -0.782. The molecule has 1 aromatic rings. The van der Waals surface area contributed by atoms with E-state index in [2.05, 4.69) is 11.9 Å². The predicted octanol–water partition coefficient (Wildman–Crippen LogP) is 1.76. The highest BCUT2D eigenvalue weighted by molar-refractivity contribution is 7.13. The standard InChI is InChI=1S/C10H14N2O2S/c1-2-7-6-15-10(11-7)12(5-9(13)14)8-3-4-8/h6,8H,2-5H2,1H3,(H,13,14). The number of thiazole rings is 1. The molecule has 82 valence electrons. The summed E-state index contributed by atoms with van der Waals surface area (Å²) in [6, 6.07) is 0.400. The molecule has 0 bridgehead atoms. The van der Waals surface area contributed by atoms with Crippen LogP contribution in [0.4, 0.5) is 5.13 Å². The second-order valence-electron chi connectivity index (χ2n) is 3.73. The van der Waals surface area contributed by atoms with Crippen LogP contribution in [0.15, 0.2) is 5.38 Å². The first-order chi connectivity index (χ1) is 7.20. The number of aryl methyl sites for hydroxylation is 1. The molecular weight excluding hydrogens is 212 g/mol. The summed E-state index contributed by atoms with van der Waals surface area (Å²) in [6.45, 7) is 2.12. The molecule has 5 heteroatoms. The molecule has 0 saturated heterocycles. The second kappa shape index (κ2) is 4.18. The first-order valence-electron chi connectivity index (χ1n) is 5.13. The zero-order valence-electron chi connectivity index (χ0n) is 8.64. The Labute approximate surface area is 92.6 Å². The maximum atomic E-state index is 10.7. The Morgan fingerprint density at radius 1 is 1.73 bits per heavy atom. The monoisotopic (exact) mass is 226 g/mol.